The molecule has 2 aromatic rings. The van der Waals surface area contributed by atoms with Gasteiger partial charge in [-0.1, -0.05) is 42.5 Å². The SMILES string of the molecule is C=CC[C@H](O)c1ccc2ccccc2c1C(=O)N(CC)CC. The van der Waals surface area contributed by atoms with Crippen LogP contribution in [0, 0.1) is 0 Å². The number of carbonyl (C=O) groups is 1. The van der Waals surface area contributed by atoms with Crippen LogP contribution < -0.4 is 0 Å². The average Bonchev–Trinajstić information content (AvgIpc) is 2.55. The molecule has 3 nitrogen and oxygen atoms in total. The Kier molecular flexibility index (Phi) is 5.34. The highest BCUT2D eigenvalue weighted by atomic mass is 16.3. The van der Waals surface area contributed by atoms with E-state index in [2.05, 4.69) is 6.58 Å². The smallest absolute Gasteiger partial charge is 0.254 e. The van der Waals surface area contributed by atoms with Crippen LogP contribution in [0.25, 0.3) is 10.8 Å². The lowest BCUT2D eigenvalue weighted by Gasteiger charge is -2.23. The van der Waals surface area contributed by atoms with E-state index in [0.29, 0.717) is 30.6 Å². The summed E-state index contributed by atoms with van der Waals surface area (Å²) in [6.45, 7) is 8.90. The molecule has 0 aliphatic heterocycles. The fourth-order valence-electron chi connectivity index (χ4n) is 2.76. The first-order valence-corrected chi connectivity index (χ1v) is 7.73. The lowest BCUT2D eigenvalue weighted by Crippen LogP contribution is -2.31. The van der Waals surface area contributed by atoms with Crippen LogP contribution in [0.5, 0.6) is 0 Å². The maximum Gasteiger partial charge on any atom is 0.254 e. The summed E-state index contributed by atoms with van der Waals surface area (Å²) in [7, 11) is 0. The van der Waals surface area contributed by atoms with Gasteiger partial charge in [-0.2, -0.15) is 0 Å². The quantitative estimate of drug-likeness (QED) is 0.821. The number of rotatable bonds is 6. The summed E-state index contributed by atoms with van der Waals surface area (Å²) in [5, 5.41) is 12.3. The molecule has 0 aromatic heterocycles. The van der Waals surface area contributed by atoms with Crippen molar-refractivity contribution in [2.45, 2.75) is 26.4 Å². The molecule has 1 atom stereocenters. The molecule has 0 heterocycles. The van der Waals surface area contributed by atoms with Crippen molar-refractivity contribution in [2.75, 3.05) is 13.1 Å². The van der Waals surface area contributed by atoms with Gasteiger partial charge in [0.25, 0.3) is 5.91 Å². The second kappa shape index (κ2) is 7.23. The molecular formula is C19H23NO2. The van der Waals surface area contributed by atoms with E-state index in [1.807, 2.05) is 50.2 Å². The average molecular weight is 297 g/mol. The third-order valence-corrected chi connectivity index (χ3v) is 3.97. The molecule has 0 bridgehead atoms. The number of benzene rings is 2. The molecule has 0 saturated carbocycles. The standard InChI is InChI=1S/C19H23NO2/c1-4-9-17(21)16-13-12-14-10-7-8-11-15(14)18(16)19(22)20(5-2)6-3/h4,7-8,10-13,17,21H,1,5-6,9H2,2-3H3/t17-/m0/s1. The second-order valence-electron chi connectivity index (χ2n) is 5.27. The number of nitrogens with zero attached hydrogens (tertiary/aromatic N) is 1. The Hall–Kier alpha value is -2.13. The van der Waals surface area contributed by atoms with Crippen LogP contribution in [0.3, 0.4) is 0 Å². The van der Waals surface area contributed by atoms with Gasteiger partial charge in [0.2, 0.25) is 0 Å². The largest absolute Gasteiger partial charge is 0.388 e. The summed E-state index contributed by atoms with van der Waals surface area (Å²) in [4.78, 5) is 14.7. The number of carbonyl (C=O) groups excluding carboxylic acids is 1. The summed E-state index contributed by atoms with van der Waals surface area (Å²) in [6, 6.07) is 11.6. The molecule has 0 fully saturated rings. The molecule has 1 amide bonds. The lowest BCUT2D eigenvalue weighted by atomic mass is 9.93. The minimum atomic E-state index is -0.711. The summed E-state index contributed by atoms with van der Waals surface area (Å²) in [5.41, 5.74) is 1.28. The number of aliphatic hydroxyl groups is 1. The van der Waals surface area contributed by atoms with Gasteiger partial charge in [0.05, 0.1) is 11.7 Å². The van der Waals surface area contributed by atoms with E-state index in [1.165, 1.54) is 0 Å². The van der Waals surface area contributed by atoms with Gasteiger partial charge in [0.15, 0.2) is 0 Å². The van der Waals surface area contributed by atoms with Gasteiger partial charge in [0.1, 0.15) is 0 Å². The molecular weight excluding hydrogens is 274 g/mol. The van der Waals surface area contributed by atoms with E-state index in [4.69, 9.17) is 0 Å². The number of hydrogen-bond donors (Lipinski definition) is 1. The fourth-order valence-corrected chi connectivity index (χ4v) is 2.76. The normalized spacial score (nSPS) is 12.1. The first-order chi connectivity index (χ1) is 10.6. The molecule has 116 valence electrons. The zero-order valence-electron chi connectivity index (χ0n) is 13.2. The number of amides is 1. The molecule has 0 aliphatic rings. The third kappa shape index (κ3) is 3.04. The van der Waals surface area contributed by atoms with Crippen molar-refractivity contribution < 1.29 is 9.90 Å². The van der Waals surface area contributed by atoms with Crippen molar-refractivity contribution in [2.24, 2.45) is 0 Å². The van der Waals surface area contributed by atoms with Crippen molar-refractivity contribution >= 4 is 16.7 Å². The Balaban J connectivity index is 2.67. The first-order valence-electron chi connectivity index (χ1n) is 7.73. The molecule has 3 heteroatoms. The highest BCUT2D eigenvalue weighted by molar-refractivity contribution is 6.08. The monoisotopic (exact) mass is 297 g/mol. The van der Waals surface area contributed by atoms with Gasteiger partial charge < -0.3 is 10.0 Å². The van der Waals surface area contributed by atoms with Gasteiger partial charge >= 0.3 is 0 Å². The maximum absolute atomic E-state index is 12.9. The van der Waals surface area contributed by atoms with Crippen molar-refractivity contribution in [3.8, 4) is 0 Å². The number of aliphatic hydroxyl groups excluding tert-OH is 1. The van der Waals surface area contributed by atoms with E-state index in [0.717, 1.165) is 10.8 Å². The molecule has 0 spiro atoms. The predicted molar refractivity (Wildman–Crippen MR) is 91.0 cm³/mol. The molecule has 22 heavy (non-hydrogen) atoms. The van der Waals surface area contributed by atoms with Crippen LogP contribution in [-0.2, 0) is 0 Å². The van der Waals surface area contributed by atoms with Crippen LogP contribution in [0.2, 0.25) is 0 Å². The van der Waals surface area contributed by atoms with Gasteiger partial charge in [-0.15, -0.1) is 6.58 Å². The van der Waals surface area contributed by atoms with Gasteiger partial charge in [-0.3, -0.25) is 4.79 Å². The maximum atomic E-state index is 12.9. The molecule has 0 saturated heterocycles. The Morgan fingerprint density at radius 1 is 1.23 bits per heavy atom. The van der Waals surface area contributed by atoms with E-state index in [1.54, 1.807) is 11.0 Å². The first kappa shape index (κ1) is 16.2. The van der Waals surface area contributed by atoms with E-state index in [9.17, 15) is 9.90 Å². The Labute approximate surface area is 131 Å². The van der Waals surface area contributed by atoms with Crippen LogP contribution in [0.15, 0.2) is 49.1 Å². The number of fused-ring (bicyclic) bond motifs is 1. The van der Waals surface area contributed by atoms with E-state index < -0.39 is 6.10 Å². The predicted octanol–water partition coefficient (Wildman–Crippen LogP) is 3.93. The molecule has 1 N–H and O–H groups in total. The third-order valence-electron chi connectivity index (χ3n) is 3.97. The minimum Gasteiger partial charge on any atom is -0.388 e. The summed E-state index contributed by atoms with van der Waals surface area (Å²) >= 11 is 0. The van der Waals surface area contributed by atoms with Crippen molar-refractivity contribution in [3.63, 3.8) is 0 Å². The minimum absolute atomic E-state index is 0.0279. The Morgan fingerprint density at radius 3 is 2.55 bits per heavy atom. The molecule has 0 radical (unpaired) electrons. The van der Waals surface area contributed by atoms with Gasteiger partial charge in [-0.05, 0) is 36.6 Å². The summed E-state index contributed by atoms with van der Waals surface area (Å²) in [6.07, 6.45) is 1.39. The van der Waals surface area contributed by atoms with Crippen LogP contribution >= 0.6 is 0 Å². The molecule has 2 aromatic carbocycles. The second-order valence-corrected chi connectivity index (χ2v) is 5.27. The highest BCUT2D eigenvalue weighted by Gasteiger charge is 2.22. The van der Waals surface area contributed by atoms with Crippen molar-refractivity contribution in [1.82, 2.24) is 4.90 Å². The fraction of sp³-hybridized carbons (Fsp3) is 0.316. The van der Waals surface area contributed by atoms with Gasteiger partial charge in [-0.25, -0.2) is 0 Å². The van der Waals surface area contributed by atoms with E-state index >= 15 is 0 Å². The zero-order valence-corrected chi connectivity index (χ0v) is 13.2. The zero-order chi connectivity index (χ0) is 16.1. The highest BCUT2D eigenvalue weighted by Crippen LogP contribution is 2.29. The molecule has 0 unspecified atom stereocenters. The Bertz CT molecular complexity index is 674. The number of hydrogen-bond acceptors (Lipinski definition) is 2. The Morgan fingerprint density at radius 2 is 1.91 bits per heavy atom. The van der Waals surface area contributed by atoms with Gasteiger partial charge in [0, 0.05) is 13.1 Å². The topological polar surface area (TPSA) is 40.5 Å². The van der Waals surface area contributed by atoms with Crippen molar-refractivity contribution in [3.05, 3.63) is 60.2 Å². The lowest BCUT2D eigenvalue weighted by molar-refractivity contribution is 0.0767. The summed E-state index contributed by atoms with van der Waals surface area (Å²) < 4.78 is 0. The summed E-state index contributed by atoms with van der Waals surface area (Å²) in [5.74, 6) is -0.0279. The van der Waals surface area contributed by atoms with Crippen molar-refractivity contribution in [1.29, 1.82) is 0 Å². The molecule has 2 rings (SSSR count). The van der Waals surface area contributed by atoms with E-state index in [-0.39, 0.29) is 5.91 Å². The van der Waals surface area contributed by atoms with Crippen LogP contribution in [0.4, 0.5) is 0 Å². The molecule has 0 aliphatic carbocycles. The van der Waals surface area contributed by atoms with Crippen LogP contribution in [-0.4, -0.2) is 29.0 Å². The van der Waals surface area contributed by atoms with Crippen LogP contribution in [0.1, 0.15) is 42.3 Å².